The van der Waals surface area contributed by atoms with Crippen molar-refractivity contribution >= 4 is 12.1 Å². The van der Waals surface area contributed by atoms with Gasteiger partial charge in [0.05, 0.1) is 0 Å². The van der Waals surface area contributed by atoms with Crippen molar-refractivity contribution < 1.29 is 9.59 Å². The first kappa shape index (κ1) is 23.1. The monoisotopic (exact) mass is 440 g/mol. The molecular formula is C29H32N2O2. The van der Waals surface area contributed by atoms with Crippen molar-refractivity contribution in [2.45, 2.75) is 25.2 Å². The summed E-state index contributed by atoms with van der Waals surface area (Å²) in [5.41, 5.74) is 6.15. The lowest BCUT2D eigenvalue weighted by molar-refractivity contribution is 0.103. The summed E-state index contributed by atoms with van der Waals surface area (Å²) < 4.78 is 0. The van der Waals surface area contributed by atoms with Gasteiger partial charge < -0.3 is 10.2 Å². The van der Waals surface area contributed by atoms with Crippen molar-refractivity contribution in [1.82, 2.24) is 10.2 Å². The Hall–Kier alpha value is -3.08. The zero-order chi connectivity index (χ0) is 23.2. The first-order valence-electron chi connectivity index (χ1n) is 11.8. The summed E-state index contributed by atoms with van der Waals surface area (Å²) in [6, 6.07) is 21.4. The van der Waals surface area contributed by atoms with Gasteiger partial charge in [0.1, 0.15) is 0 Å². The number of benzene rings is 3. The zero-order valence-corrected chi connectivity index (χ0v) is 19.5. The molecule has 1 atom stereocenters. The molecule has 0 amide bonds. The van der Waals surface area contributed by atoms with Crippen molar-refractivity contribution in [3.63, 3.8) is 0 Å². The molecule has 3 aromatic rings. The molecule has 1 heterocycles. The molecule has 1 N–H and O–H groups in total. The number of ketones is 1. The normalized spacial score (nSPS) is 16.0. The topological polar surface area (TPSA) is 49.4 Å². The van der Waals surface area contributed by atoms with Crippen LogP contribution in [-0.2, 0) is 6.42 Å². The van der Waals surface area contributed by atoms with E-state index < -0.39 is 0 Å². The second kappa shape index (κ2) is 10.7. The van der Waals surface area contributed by atoms with Gasteiger partial charge in [-0.15, -0.1) is 0 Å². The van der Waals surface area contributed by atoms with E-state index in [4.69, 9.17) is 0 Å². The molecule has 0 aliphatic carbocycles. The maximum Gasteiger partial charge on any atom is 0.193 e. The fourth-order valence-electron chi connectivity index (χ4n) is 4.91. The summed E-state index contributed by atoms with van der Waals surface area (Å²) in [6.45, 7) is 2.69. The molecule has 3 aromatic carbocycles. The van der Waals surface area contributed by atoms with E-state index in [-0.39, 0.29) is 11.7 Å². The third kappa shape index (κ3) is 5.13. The second-order valence-electron chi connectivity index (χ2n) is 9.06. The Bertz CT molecular complexity index is 1100. The van der Waals surface area contributed by atoms with Crippen molar-refractivity contribution in [3.8, 4) is 11.1 Å². The van der Waals surface area contributed by atoms with E-state index in [0.717, 1.165) is 67.4 Å². The maximum absolute atomic E-state index is 13.8. The molecule has 4 nitrogen and oxygen atoms in total. The van der Waals surface area contributed by atoms with Crippen LogP contribution < -0.4 is 5.32 Å². The third-order valence-corrected chi connectivity index (χ3v) is 6.49. The summed E-state index contributed by atoms with van der Waals surface area (Å²) in [4.78, 5) is 28.3. The summed E-state index contributed by atoms with van der Waals surface area (Å²) in [7, 11) is 4.12. The predicted molar refractivity (Wildman–Crippen MR) is 134 cm³/mol. The largest absolute Gasteiger partial charge is 0.316 e. The molecule has 170 valence electrons. The predicted octanol–water partition coefficient (Wildman–Crippen LogP) is 4.97. The number of carbonyl (C=O) groups excluding carboxylic acids is 2. The van der Waals surface area contributed by atoms with Gasteiger partial charge in [0.25, 0.3) is 0 Å². The molecule has 4 heteroatoms. The Labute approximate surface area is 196 Å². The average molecular weight is 441 g/mol. The zero-order valence-electron chi connectivity index (χ0n) is 19.5. The van der Waals surface area contributed by atoms with Gasteiger partial charge in [0, 0.05) is 29.8 Å². The maximum atomic E-state index is 13.8. The lowest BCUT2D eigenvalue weighted by Crippen LogP contribution is -2.31. The van der Waals surface area contributed by atoms with E-state index in [0.29, 0.717) is 16.7 Å². The smallest absolute Gasteiger partial charge is 0.193 e. The third-order valence-electron chi connectivity index (χ3n) is 6.49. The number of carbonyl (C=O) groups is 2. The molecule has 4 rings (SSSR count). The van der Waals surface area contributed by atoms with Crippen LogP contribution in [0.3, 0.4) is 0 Å². The molecule has 0 bridgehead atoms. The van der Waals surface area contributed by atoms with Crippen LogP contribution in [0, 0.1) is 0 Å². The van der Waals surface area contributed by atoms with Crippen molar-refractivity contribution in [3.05, 3.63) is 94.5 Å². The molecular weight excluding hydrogens is 408 g/mol. The van der Waals surface area contributed by atoms with Gasteiger partial charge in [-0.05, 0) is 74.1 Å². The fourth-order valence-corrected chi connectivity index (χ4v) is 4.91. The Morgan fingerprint density at radius 3 is 2.36 bits per heavy atom. The SMILES string of the molecule is CN(C)CCc1c(-c2ccccc2)c(C=O)cc(C(=O)c2ccccc2)c1C1CCCNC1. The van der Waals surface area contributed by atoms with Gasteiger partial charge in [-0.25, -0.2) is 0 Å². The molecule has 0 spiro atoms. The van der Waals surface area contributed by atoms with Gasteiger partial charge in [0.15, 0.2) is 12.1 Å². The molecule has 1 aliphatic rings. The lowest BCUT2D eigenvalue weighted by atomic mass is 9.77. The number of piperidine rings is 1. The van der Waals surface area contributed by atoms with E-state index >= 15 is 0 Å². The number of hydrogen-bond acceptors (Lipinski definition) is 4. The highest BCUT2D eigenvalue weighted by Gasteiger charge is 2.29. The van der Waals surface area contributed by atoms with Gasteiger partial charge in [-0.2, -0.15) is 0 Å². The summed E-state index contributed by atoms with van der Waals surface area (Å²) in [5.74, 6) is 0.228. The number of nitrogens with zero attached hydrogens (tertiary/aromatic N) is 1. The Kier molecular flexibility index (Phi) is 7.48. The highest BCUT2D eigenvalue weighted by Crippen LogP contribution is 2.39. The van der Waals surface area contributed by atoms with Gasteiger partial charge >= 0.3 is 0 Å². The number of likely N-dealkylation sites (N-methyl/N-ethyl adjacent to an activating group) is 1. The molecule has 1 aliphatic heterocycles. The number of rotatable bonds is 8. The van der Waals surface area contributed by atoms with Gasteiger partial charge in [-0.3, -0.25) is 9.59 Å². The number of nitrogens with one attached hydrogen (secondary N) is 1. The highest BCUT2D eigenvalue weighted by atomic mass is 16.1. The molecule has 1 unspecified atom stereocenters. The fraction of sp³-hybridized carbons (Fsp3) is 0.310. The van der Waals surface area contributed by atoms with Crippen LogP contribution in [0.5, 0.6) is 0 Å². The molecule has 0 radical (unpaired) electrons. The van der Waals surface area contributed by atoms with Crippen LogP contribution >= 0.6 is 0 Å². The molecule has 0 aromatic heterocycles. The lowest BCUT2D eigenvalue weighted by Gasteiger charge is -2.30. The minimum atomic E-state index is -0.00927. The Morgan fingerprint density at radius 2 is 1.76 bits per heavy atom. The minimum Gasteiger partial charge on any atom is -0.316 e. The van der Waals surface area contributed by atoms with Gasteiger partial charge in [-0.1, -0.05) is 60.7 Å². The van der Waals surface area contributed by atoms with Crippen molar-refractivity contribution in [1.29, 1.82) is 0 Å². The number of hydrogen-bond donors (Lipinski definition) is 1. The standard InChI is InChI=1S/C29H32N2O2/c1-31(2)17-15-25-27(21-10-5-3-6-11-21)24(20-32)18-26(28(25)23-14-9-16-30-19-23)29(33)22-12-7-4-8-13-22/h3-8,10-13,18,20,23,30H,9,14-17,19H2,1-2H3. The van der Waals surface area contributed by atoms with E-state index in [2.05, 4.69) is 36.4 Å². The van der Waals surface area contributed by atoms with Crippen LogP contribution in [0.2, 0.25) is 0 Å². The number of aldehydes is 1. The van der Waals surface area contributed by atoms with Crippen molar-refractivity contribution in [2.24, 2.45) is 0 Å². The van der Waals surface area contributed by atoms with Gasteiger partial charge in [0.2, 0.25) is 0 Å². The van der Waals surface area contributed by atoms with Crippen LogP contribution in [0.4, 0.5) is 0 Å². The first-order chi connectivity index (χ1) is 16.1. The van der Waals surface area contributed by atoms with Crippen molar-refractivity contribution in [2.75, 3.05) is 33.7 Å². The van der Waals surface area contributed by atoms with E-state index in [9.17, 15) is 9.59 Å². The summed E-state index contributed by atoms with van der Waals surface area (Å²) in [5, 5.41) is 3.53. The average Bonchev–Trinajstić information content (AvgIpc) is 2.87. The summed E-state index contributed by atoms with van der Waals surface area (Å²) >= 11 is 0. The second-order valence-corrected chi connectivity index (χ2v) is 9.06. The molecule has 33 heavy (non-hydrogen) atoms. The quantitative estimate of drug-likeness (QED) is 0.397. The van der Waals surface area contributed by atoms with E-state index in [1.165, 1.54) is 0 Å². The van der Waals surface area contributed by atoms with E-state index in [1.807, 2.05) is 54.6 Å². The Balaban J connectivity index is 2.00. The molecule has 1 fully saturated rings. The summed E-state index contributed by atoms with van der Waals surface area (Å²) in [6.07, 6.45) is 3.80. The molecule has 1 saturated heterocycles. The first-order valence-corrected chi connectivity index (χ1v) is 11.8. The van der Waals surface area contributed by atoms with Crippen LogP contribution in [-0.4, -0.2) is 50.7 Å². The van der Waals surface area contributed by atoms with Crippen LogP contribution in [0.15, 0.2) is 66.7 Å². The van der Waals surface area contributed by atoms with E-state index in [1.54, 1.807) is 0 Å². The van der Waals surface area contributed by atoms with Crippen LogP contribution in [0.1, 0.15) is 56.2 Å². The highest BCUT2D eigenvalue weighted by molar-refractivity contribution is 6.12. The minimum absolute atomic E-state index is 0.00927. The van der Waals surface area contributed by atoms with Crippen LogP contribution in [0.25, 0.3) is 11.1 Å². The molecule has 0 saturated carbocycles. The Morgan fingerprint density at radius 1 is 1.06 bits per heavy atom.